The van der Waals surface area contributed by atoms with Gasteiger partial charge in [0.25, 0.3) is 0 Å². The average molecular weight is 348 g/mol. The molecular formula is C17H24N4O2S. The fourth-order valence-corrected chi connectivity index (χ4v) is 4.77. The summed E-state index contributed by atoms with van der Waals surface area (Å²) < 4.78 is 27.5. The number of benzene rings is 1. The molecule has 2 aromatic rings. The Morgan fingerprint density at radius 2 is 1.83 bits per heavy atom. The highest BCUT2D eigenvalue weighted by Gasteiger charge is 2.27. The van der Waals surface area contributed by atoms with Crippen LogP contribution >= 0.6 is 0 Å². The zero-order valence-corrected chi connectivity index (χ0v) is 14.8. The molecule has 0 unspecified atom stereocenters. The number of H-pyrrole nitrogens is 1. The molecule has 130 valence electrons. The zero-order chi connectivity index (χ0) is 17.0. The predicted octanol–water partition coefficient (Wildman–Crippen LogP) is 2.18. The zero-order valence-electron chi connectivity index (χ0n) is 14.0. The Morgan fingerprint density at radius 3 is 2.54 bits per heavy atom. The molecule has 1 aliphatic heterocycles. The number of aryl methyl sites for hydroxylation is 1. The monoisotopic (exact) mass is 348 g/mol. The number of aromatic nitrogens is 2. The third kappa shape index (κ3) is 3.68. The molecule has 7 heteroatoms. The number of hydrogen-bond acceptors (Lipinski definition) is 4. The lowest BCUT2D eigenvalue weighted by Gasteiger charge is -2.26. The van der Waals surface area contributed by atoms with E-state index in [0.29, 0.717) is 31.1 Å². The van der Waals surface area contributed by atoms with E-state index in [0.717, 1.165) is 36.1 Å². The lowest BCUT2D eigenvalue weighted by molar-refractivity contribution is 0.346. The number of nitrogens with one attached hydrogen (secondary N) is 2. The molecule has 1 saturated heterocycles. The smallest absolute Gasteiger partial charge is 0.243 e. The Labute approximate surface area is 143 Å². The Balaban J connectivity index is 1.74. The quantitative estimate of drug-likeness (QED) is 0.839. The van der Waals surface area contributed by atoms with Crippen molar-refractivity contribution in [1.82, 2.24) is 19.8 Å². The molecule has 0 spiro atoms. The van der Waals surface area contributed by atoms with Gasteiger partial charge in [-0.3, -0.25) is 5.10 Å². The van der Waals surface area contributed by atoms with Gasteiger partial charge in [-0.1, -0.05) is 24.6 Å². The van der Waals surface area contributed by atoms with Crippen LogP contribution in [0.2, 0.25) is 0 Å². The van der Waals surface area contributed by atoms with Crippen molar-refractivity contribution in [3.63, 3.8) is 0 Å². The van der Waals surface area contributed by atoms with Crippen molar-refractivity contribution in [3.8, 4) is 0 Å². The van der Waals surface area contributed by atoms with E-state index in [1.807, 2.05) is 19.1 Å². The maximum atomic E-state index is 12.9. The molecule has 24 heavy (non-hydrogen) atoms. The number of hydrogen-bond donors (Lipinski definition) is 2. The molecule has 0 saturated carbocycles. The van der Waals surface area contributed by atoms with Gasteiger partial charge in [0, 0.05) is 37.4 Å². The van der Waals surface area contributed by atoms with Gasteiger partial charge in [0.2, 0.25) is 10.0 Å². The summed E-state index contributed by atoms with van der Waals surface area (Å²) in [5.74, 6) is 0. The molecule has 1 aromatic carbocycles. The standard InChI is InChI=1S/C17H24N4O2S/c1-14-16(13-19-20-14)12-18-11-15-7-3-4-8-17(15)24(22,23)21-9-5-2-6-10-21/h3-4,7-8,13,18H,2,5-6,9-12H2,1H3,(H,19,20). The predicted molar refractivity (Wildman–Crippen MR) is 92.9 cm³/mol. The molecule has 1 aromatic heterocycles. The first-order chi connectivity index (χ1) is 11.6. The Kier molecular flexibility index (Phi) is 5.33. The van der Waals surface area contributed by atoms with Crippen LogP contribution in [0.5, 0.6) is 0 Å². The van der Waals surface area contributed by atoms with Crippen molar-refractivity contribution in [2.45, 2.75) is 44.2 Å². The number of piperidine rings is 1. The normalized spacial score (nSPS) is 16.4. The molecule has 0 bridgehead atoms. The highest BCUT2D eigenvalue weighted by molar-refractivity contribution is 7.89. The molecule has 0 amide bonds. The molecule has 1 fully saturated rings. The Morgan fingerprint density at radius 1 is 1.12 bits per heavy atom. The van der Waals surface area contributed by atoms with E-state index < -0.39 is 10.0 Å². The van der Waals surface area contributed by atoms with Gasteiger partial charge in [-0.05, 0) is 31.4 Å². The van der Waals surface area contributed by atoms with Crippen molar-refractivity contribution in [2.75, 3.05) is 13.1 Å². The van der Waals surface area contributed by atoms with Crippen molar-refractivity contribution < 1.29 is 8.42 Å². The number of rotatable bonds is 6. The first-order valence-electron chi connectivity index (χ1n) is 8.36. The van der Waals surface area contributed by atoms with E-state index in [1.165, 1.54) is 0 Å². The van der Waals surface area contributed by atoms with Gasteiger partial charge in [0.05, 0.1) is 11.1 Å². The molecule has 6 nitrogen and oxygen atoms in total. The van der Waals surface area contributed by atoms with Crippen LogP contribution in [-0.4, -0.2) is 36.0 Å². The van der Waals surface area contributed by atoms with Gasteiger partial charge in [-0.2, -0.15) is 9.40 Å². The third-order valence-electron chi connectivity index (χ3n) is 4.47. The van der Waals surface area contributed by atoms with Gasteiger partial charge in [0.15, 0.2) is 0 Å². The number of nitrogens with zero attached hydrogens (tertiary/aromatic N) is 2. The molecule has 2 heterocycles. The van der Waals surface area contributed by atoms with E-state index in [1.54, 1.807) is 22.6 Å². The summed E-state index contributed by atoms with van der Waals surface area (Å²) in [6.45, 7) is 4.38. The Hall–Kier alpha value is -1.70. The van der Waals surface area contributed by atoms with Crippen LogP contribution in [0.15, 0.2) is 35.4 Å². The van der Waals surface area contributed by atoms with Crippen LogP contribution in [0.1, 0.15) is 36.1 Å². The summed E-state index contributed by atoms with van der Waals surface area (Å²) in [4.78, 5) is 0.420. The highest BCUT2D eigenvalue weighted by atomic mass is 32.2. The summed E-state index contributed by atoms with van der Waals surface area (Å²) in [5.41, 5.74) is 2.92. The van der Waals surface area contributed by atoms with Gasteiger partial charge in [0.1, 0.15) is 0 Å². The van der Waals surface area contributed by atoms with Crippen molar-refractivity contribution in [1.29, 1.82) is 0 Å². The van der Waals surface area contributed by atoms with Crippen LogP contribution in [0, 0.1) is 6.92 Å². The summed E-state index contributed by atoms with van der Waals surface area (Å²) in [6, 6.07) is 7.27. The van der Waals surface area contributed by atoms with Crippen molar-refractivity contribution >= 4 is 10.0 Å². The SMILES string of the molecule is Cc1[nH]ncc1CNCc1ccccc1S(=O)(=O)N1CCCCC1. The second-order valence-corrected chi connectivity index (χ2v) is 8.10. The first kappa shape index (κ1) is 17.1. The fourth-order valence-electron chi connectivity index (χ4n) is 3.03. The first-order valence-corrected chi connectivity index (χ1v) is 9.80. The third-order valence-corrected chi connectivity index (χ3v) is 6.47. The van der Waals surface area contributed by atoms with Crippen LogP contribution in [0.3, 0.4) is 0 Å². The molecule has 0 aliphatic carbocycles. The summed E-state index contributed by atoms with van der Waals surface area (Å²) >= 11 is 0. The fraction of sp³-hybridized carbons (Fsp3) is 0.471. The maximum Gasteiger partial charge on any atom is 0.243 e. The van der Waals surface area contributed by atoms with Gasteiger partial charge in [-0.15, -0.1) is 0 Å². The average Bonchev–Trinajstić information content (AvgIpc) is 3.01. The van der Waals surface area contributed by atoms with Crippen LogP contribution < -0.4 is 5.32 Å². The number of sulfonamides is 1. The Bertz CT molecular complexity index is 779. The van der Waals surface area contributed by atoms with Crippen LogP contribution in [0.25, 0.3) is 0 Å². The van der Waals surface area contributed by atoms with E-state index in [2.05, 4.69) is 15.5 Å². The highest BCUT2D eigenvalue weighted by Crippen LogP contribution is 2.23. The lowest BCUT2D eigenvalue weighted by Crippen LogP contribution is -2.36. The lowest BCUT2D eigenvalue weighted by atomic mass is 10.2. The summed E-state index contributed by atoms with van der Waals surface area (Å²) in [7, 11) is -3.41. The maximum absolute atomic E-state index is 12.9. The molecule has 0 radical (unpaired) electrons. The second kappa shape index (κ2) is 7.46. The molecule has 2 N–H and O–H groups in total. The minimum Gasteiger partial charge on any atom is -0.308 e. The summed E-state index contributed by atoms with van der Waals surface area (Å²) in [6.07, 6.45) is 4.79. The van der Waals surface area contributed by atoms with Gasteiger partial charge in [-0.25, -0.2) is 8.42 Å². The van der Waals surface area contributed by atoms with Gasteiger partial charge < -0.3 is 5.32 Å². The largest absolute Gasteiger partial charge is 0.308 e. The molecule has 0 atom stereocenters. The minimum absolute atomic E-state index is 0.420. The van der Waals surface area contributed by atoms with E-state index in [4.69, 9.17) is 0 Å². The minimum atomic E-state index is -3.41. The number of aromatic amines is 1. The molecular weight excluding hydrogens is 324 g/mol. The summed E-state index contributed by atoms with van der Waals surface area (Å²) in [5, 5.41) is 10.2. The van der Waals surface area contributed by atoms with Gasteiger partial charge >= 0.3 is 0 Å². The van der Waals surface area contributed by atoms with Crippen LogP contribution in [-0.2, 0) is 23.1 Å². The van der Waals surface area contributed by atoms with Crippen molar-refractivity contribution in [2.24, 2.45) is 0 Å². The second-order valence-electron chi connectivity index (χ2n) is 6.20. The van der Waals surface area contributed by atoms with Crippen LogP contribution in [0.4, 0.5) is 0 Å². The molecule has 1 aliphatic rings. The molecule has 3 rings (SSSR count). The van der Waals surface area contributed by atoms with Crippen molar-refractivity contribution in [3.05, 3.63) is 47.3 Å². The van der Waals surface area contributed by atoms with E-state index in [9.17, 15) is 8.42 Å². The topological polar surface area (TPSA) is 78.1 Å². The van der Waals surface area contributed by atoms with E-state index >= 15 is 0 Å². The van der Waals surface area contributed by atoms with E-state index in [-0.39, 0.29) is 0 Å².